The molecule has 0 bridgehead atoms. The van der Waals surface area contributed by atoms with Crippen LogP contribution in [0.3, 0.4) is 0 Å². The maximum Gasteiger partial charge on any atom is 0.315 e. The lowest BCUT2D eigenvalue weighted by Gasteiger charge is -2.10. The highest BCUT2D eigenvalue weighted by Gasteiger charge is 2.06. The smallest absolute Gasteiger partial charge is 0.315 e. The van der Waals surface area contributed by atoms with E-state index in [2.05, 4.69) is 20.6 Å². The van der Waals surface area contributed by atoms with E-state index in [1.807, 2.05) is 41.1 Å². The molecule has 0 aliphatic carbocycles. The summed E-state index contributed by atoms with van der Waals surface area (Å²) in [6, 6.07) is 11.3. The second-order valence-corrected chi connectivity index (χ2v) is 5.35. The topological polar surface area (TPSA) is 81.1 Å². The van der Waals surface area contributed by atoms with Crippen molar-refractivity contribution in [3.05, 3.63) is 72.4 Å². The van der Waals surface area contributed by atoms with Crippen LogP contribution in [-0.2, 0) is 13.1 Å². The van der Waals surface area contributed by atoms with E-state index in [4.69, 9.17) is 4.74 Å². The number of rotatable bonds is 6. The van der Waals surface area contributed by atoms with Gasteiger partial charge in [0, 0.05) is 42.9 Å². The first-order valence-electron chi connectivity index (χ1n) is 7.83. The third-order valence-corrected chi connectivity index (χ3v) is 3.65. The lowest BCUT2D eigenvalue weighted by atomic mass is 10.2. The van der Waals surface area contributed by atoms with Crippen LogP contribution in [0, 0.1) is 0 Å². The molecule has 0 radical (unpaired) electrons. The number of nitrogens with one attached hydrogen (secondary N) is 2. The molecule has 1 aromatic carbocycles. The molecule has 7 nitrogen and oxygen atoms in total. The summed E-state index contributed by atoms with van der Waals surface area (Å²) in [4.78, 5) is 20.1. The van der Waals surface area contributed by atoms with E-state index in [1.165, 1.54) is 0 Å². The summed E-state index contributed by atoms with van der Waals surface area (Å²) in [6.07, 6.45) is 6.99. The fourth-order valence-electron chi connectivity index (χ4n) is 2.40. The Balaban J connectivity index is 1.53. The summed E-state index contributed by atoms with van der Waals surface area (Å²) < 4.78 is 7.08. The van der Waals surface area contributed by atoms with E-state index >= 15 is 0 Å². The van der Waals surface area contributed by atoms with E-state index in [0.717, 1.165) is 16.8 Å². The molecule has 0 atom stereocenters. The Hall–Kier alpha value is -3.35. The van der Waals surface area contributed by atoms with Crippen LogP contribution >= 0.6 is 0 Å². The number of ether oxygens (including phenoxy) is 1. The number of carbonyl (C=O) groups excluding carboxylic acids is 1. The van der Waals surface area contributed by atoms with Crippen molar-refractivity contribution in [1.29, 1.82) is 0 Å². The molecule has 0 saturated heterocycles. The van der Waals surface area contributed by atoms with Crippen LogP contribution in [0.2, 0.25) is 0 Å². The predicted octanol–water partition coefficient (Wildman–Crippen LogP) is 2.28. The molecule has 0 aliphatic rings. The number of amides is 2. The van der Waals surface area contributed by atoms with Crippen molar-refractivity contribution >= 4 is 6.03 Å². The fraction of sp³-hybridized carbons (Fsp3) is 0.167. The Kier molecular flexibility index (Phi) is 5.26. The Morgan fingerprint density at radius 1 is 1.16 bits per heavy atom. The van der Waals surface area contributed by atoms with E-state index < -0.39 is 0 Å². The Labute approximate surface area is 145 Å². The van der Waals surface area contributed by atoms with Gasteiger partial charge in [-0.15, -0.1) is 0 Å². The molecule has 0 saturated carbocycles. The molecule has 0 fully saturated rings. The maximum atomic E-state index is 12.0. The fourth-order valence-corrected chi connectivity index (χ4v) is 2.40. The van der Waals surface area contributed by atoms with E-state index in [0.29, 0.717) is 19.0 Å². The average Bonchev–Trinajstić information content (AvgIpc) is 3.20. The molecule has 3 rings (SSSR count). The first-order valence-corrected chi connectivity index (χ1v) is 7.83. The number of urea groups is 1. The number of benzene rings is 1. The number of imidazole rings is 1. The van der Waals surface area contributed by atoms with Crippen LogP contribution in [0.15, 0.2) is 61.3 Å². The number of methoxy groups -OCH3 is 1. The second kappa shape index (κ2) is 7.96. The van der Waals surface area contributed by atoms with Gasteiger partial charge in [-0.3, -0.25) is 0 Å². The van der Waals surface area contributed by atoms with Gasteiger partial charge in [0.2, 0.25) is 5.88 Å². The summed E-state index contributed by atoms with van der Waals surface area (Å²) in [5, 5.41) is 5.64. The number of hydrogen-bond donors (Lipinski definition) is 2. The van der Waals surface area contributed by atoms with Crippen molar-refractivity contribution < 1.29 is 9.53 Å². The van der Waals surface area contributed by atoms with Gasteiger partial charge in [0.1, 0.15) is 0 Å². The van der Waals surface area contributed by atoms with Gasteiger partial charge in [0.25, 0.3) is 0 Å². The number of nitrogens with zero attached hydrogens (tertiary/aromatic N) is 3. The number of carbonyl (C=O) groups is 1. The molecule has 2 heterocycles. The highest BCUT2D eigenvalue weighted by Crippen LogP contribution is 2.13. The molecule has 2 amide bonds. The molecule has 128 valence electrons. The van der Waals surface area contributed by atoms with Crippen molar-refractivity contribution in [3.63, 3.8) is 0 Å². The highest BCUT2D eigenvalue weighted by molar-refractivity contribution is 5.73. The van der Waals surface area contributed by atoms with Gasteiger partial charge in [0.05, 0.1) is 13.4 Å². The van der Waals surface area contributed by atoms with Gasteiger partial charge in [-0.1, -0.05) is 18.2 Å². The molecule has 0 unspecified atom stereocenters. The van der Waals surface area contributed by atoms with Crippen LogP contribution in [-0.4, -0.2) is 27.7 Å². The molecular formula is C18H19N5O2. The number of aromatic nitrogens is 3. The molecule has 0 spiro atoms. The van der Waals surface area contributed by atoms with E-state index in [1.54, 1.807) is 31.9 Å². The van der Waals surface area contributed by atoms with Gasteiger partial charge in [-0.2, -0.15) is 0 Å². The maximum absolute atomic E-state index is 12.0. The zero-order valence-electron chi connectivity index (χ0n) is 13.8. The average molecular weight is 337 g/mol. The molecule has 0 aliphatic heterocycles. The van der Waals surface area contributed by atoms with Crippen molar-refractivity contribution in [2.45, 2.75) is 13.1 Å². The van der Waals surface area contributed by atoms with Crippen LogP contribution in [0.5, 0.6) is 5.88 Å². The van der Waals surface area contributed by atoms with Crippen molar-refractivity contribution in [2.75, 3.05) is 7.11 Å². The van der Waals surface area contributed by atoms with Crippen LogP contribution in [0.4, 0.5) is 4.79 Å². The highest BCUT2D eigenvalue weighted by atomic mass is 16.5. The summed E-state index contributed by atoms with van der Waals surface area (Å²) in [5.74, 6) is 0.510. The minimum absolute atomic E-state index is 0.251. The minimum Gasteiger partial charge on any atom is -0.481 e. The predicted molar refractivity (Wildman–Crippen MR) is 93.4 cm³/mol. The first-order chi connectivity index (χ1) is 12.3. The summed E-state index contributed by atoms with van der Waals surface area (Å²) in [5.41, 5.74) is 2.82. The van der Waals surface area contributed by atoms with Gasteiger partial charge >= 0.3 is 6.03 Å². The van der Waals surface area contributed by atoms with Crippen LogP contribution in [0.25, 0.3) is 5.69 Å². The van der Waals surface area contributed by atoms with Crippen LogP contribution < -0.4 is 15.4 Å². The van der Waals surface area contributed by atoms with Gasteiger partial charge in [-0.05, 0) is 23.8 Å². The number of pyridine rings is 1. The lowest BCUT2D eigenvalue weighted by molar-refractivity contribution is 0.240. The Bertz CT molecular complexity index is 833. The number of hydrogen-bond acceptors (Lipinski definition) is 4. The van der Waals surface area contributed by atoms with E-state index in [9.17, 15) is 4.79 Å². The zero-order valence-corrected chi connectivity index (χ0v) is 13.8. The summed E-state index contributed by atoms with van der Waals surface area (Å²) >= 11 is 0. The monoisotopic (exact) mass is 337 g/mol. The van der Waals surface area contributed by atoms with Crippen molar-refractivity contribution in [1.82, 2.24) is 25.2 Å². The van der Waals surface area contributed by atoms with Crippen molar-refractivity contribution in [2.24, 2.45) is 0 Å². The quantitative estimate of drug-likeness (QED) is 0.723. The summed E-state index contributed by atoms with van der Waals surface area (Å²) in [6.45, 7) is 0.774. The molecule has 7 heteroatoms. The first kappa shape index (κ1) is 16.5. The second-order valence-electron chi connectivity index (χ2n) is 5.35. The van der Waals surface area contributed by atoms with E-state index in [-0.39, 0.29) is 6.03 Å². The third kappa shape index (κ3) is 4.35. The Morgan fingerprint density at radius 3 is 2.84 bits per heavy atom. The van der Waals surface area contributed by atoms with Gasteiger partial charge in [-0.25, -0.2) is 14.8 Å². The minimum atomic E-state index is -0.251. The molecule has 25 heavy (non-hydrogen) atoms. The van der Waals surface area contributed by atoms with Gasteiger partial charge < -0.3 is 19.9 Å². The summed E-state index contributed by atoms with van der Waals surface area (Å²) in [7, 11) is 1.55. The molecular weight excluding hydrogens is 318 g/mol. The van der Waals surface area contributed by atoms with Crippen molar-refractivity contribution in [3.8, 4) is 11.6 Å². The zero-order chi connectivity index (χ0) is 17.5. The van der Waals surface area contributed by atoms with Crippen LogP contribution in [0.1, 0.15) is 11.1 Å². The standard InChI is InChI=1S/C18H19N5O2/c1-25-17-15(5-3-7-20-17)12-22-18(24)21-11-14-4-2-6-16(10-14)23-9-8-19-13-23/h2-10,13H,11-12H2,1H3,(H2,21,22,24). The van der Waals surface area contributed by atoms with Gasteiger partial charge in [0.15, 0.2) is 0 Å². The lowest BCUT2D eigenvalue weighted by Crippen LogP contribution is -2.34. The third-order valence-electron chi connectivity index (χ3n) is 3.65. The molecule has 2 N–H and O–H groups in total. The largest absolute Gasteiger partial charge is 0.481 e. The normalized spacial score (nSPS) is 10.3. The molecule has 2 aromatic heterocycles. The molecule has 3 aromatic rings. The Morgan fingerprint density at radius 2 is 2.04 bits per heavy atom. The SMILES string of the molecule is COc1ncccc1CNC(=O)NCc1cccc(-n2ccnc2)c1.